The summed E-state index contributed by atoms with van der Waals surface area (Å²) in [6.45, 7) is -1.89. The molecular formula is C23H24Cl2F2N2O4S. The minimum atomic E-state index is -2.99. The number of esters is 1. The molecule has 1 aromatic heterocycles. The summed E-state index contributed by atoms with van der Waals surface area (Å²) < 4.78 is 42.2. The van der Waals surface area contributed by atoms with E-state index >= 15 is 0 Å². The summed E-state index contributed by atoms with van der Waals surface area (Å²) in [7, 11) is 0. The Labute approximate surface area is 210 Å². The van der Waals surface area contributed by atoms with Crippen LogP contribution in [0.25, 0.3) is 0 Å². The van der Waals surface area contributed by atoms with Crippen LogP contribution in [-0.2, 0) is 16.0 Å². The Morgan fingerprint density at radius 2 is 1.97 bits per heavy atom. The molecule has 4 rings (SSSR count). The fraction of sp³-hybridized carbons (Fsp3) is 0.478. The van der Waals surface area contributed by atoms with Gasteiger partial charge in [0.15, 0.2) is 11.5 Å². The molecule has 1 saturated heterocycles. The second-order valence-corrected chi connectivity index (χ2v) is 10.1. The number of hydrogen-bond acceptors (Lipinski definition) is 7. The van der Waals surface area contributed by atoms with Gasteiger partial charge in [-0.3, -0.25) is 9.78 Å². The SMILES string of the molecule is O=C(O[C@@H](Cc1c(Cl)cncc1Cl)c1ccc(OC(F)F)c(OCC2CC2)c1)C1CSCCN1. The van der Waals surface area contributed by atoms with Gasteiger partial charge in [0.05, 0.1) is 16.7 Å². The van der Waals surface area contributed by atoms with Gasteiger partial charge in [-0.25, -0.2) is 0 Å². The van der Waals surface area contributed by atoms with Crippen molar-refractivity contribution in [1.82, 2.24) is 10.3 Å². The lowest BCUT2D eigenvalue weighted by molar-refractivity contribution is -0.151. The lowest BCUT2D eigenvalue weighted by Gasteiger charge is -2.26. The summed E-state index contributed by atoms with van der Waals surface area (Å²) in [6.07, 6.45) is 4.38. The Bertz CT molecular complexity index is 987. The van der Waals surface area contributed by atoms with Crippen LogP contribution in [0, 0.1) is 5.92 Å². The van der Waals surface area contributed by atoms with Gasteiger partial charge in [0.1, 0.15) is 12.1 Å². The van der Waals surface area contributed by atoms with Crippen LogP contribution in [0.2, 0.25) is 10.0 Å². The quantitative estimate of drug-likeness (QED) is 0.415. The van der Waals surface area contributed by atoms with E-state index < -0.39 is 24.7 Å². The number of halogens is 4. The number of pyridine rings is 1. The van der Waals surface area contributed by atoms with E-state index in [1.165, 1.54) is 18.5 Å². The molecule has 1 aliphatic heterocycles. The first-order valence-corrected chi connectivity index (χ1v) is 12.8. The highest BCUT2D eigenvalue weighted by Crippen LogP contribution is 2.38. The van der Waals surface area contributed by atoms with Crippen molar-refractivity contribution in [2.24, 2.45) is 5.92 Å². The van der Waals surface area contributed by atoms with E-state index in [4.69, 9.17) is 32.7 Å². The molecule has 34 heavy (non-hydrogen) atoms. The van der Waals surface area contributed by atoms with Crippen LogP contribution in [0.1, 0.15) is 30.1 Å². The molecule has 1 N–H and O–H groups in total. The van der Waals surface area contributed by atoms with E-state index in [1.807, 2.05) is 0 Å². The van der Waals surface area contributed by atoms with Crippen LogP contribution in [0.5, 0.6) is 11.5 Å². The van der Waals surface area contributed by atoms with Crippen LogP contribution in [0.15, 0.2) is 30.6 Å². The Balaban J connectivity index is 1.63. The molecule has 1 saturated carbocycles. The largest absolute Gasteiger partial charge is 0.489 e. The number of benzene rings is 1. The van der Waals surface area contributed by atoms with Crippen molar-refractivity contribution >= 4 is 40.9 Å². The lowest BCUT2D eigenvalue weighted by atomic mass is 10.0. The maximum atomic E-state index is 12.9. The molecule has 0 amide bonds. The first-order valence-electron chi connectivity index (χ1n) is 10.9. The van der Waals surface area contributed by atoms with Crippen molar-refractivity contribution in [1.29, 1.82) is 0 Å². The summed E-state index contributed by atoms with van der Waals surface area (Å²) >= 11 is 14.3. The van der Waals surface area contributed by atoms with E-state index in [0.29, 0.717) is 46.0 Å². The molecule has 2 aliphatic rings. The van der Waals surface area contributed by atoms with E-state index in [0.717, 1.165) is 18.6 Å². The number of carbonyl (C=O) groups is 1. The number of aromatic nitrogens is 1. The number of nitrogens with one attached hydrogen (secondary N) is 1. The third kappa shape index (κ3) is 6.87. The van der Waals surface area contributed by atoms with Crippen molar-refractivity contribution in [3.05, 3.63) is 51.8 Å². The normalized spacial score (nSPS) is 19.0. The average Bonchev–Trinajstić information content (AvgIpc) is 3.65. The molecule has 2 heterocycles. The summed E-state index contributed by atoms with van der Waals surface area (Å²) in [5.74, 6) is 1.61. The second kappa shape index (κ2) is 11.7. The topological polar surface area (TPSA) is 69.7 Å². The second-order valence-electron chi connectivity index (χ2n) is 8.13. The molecule has 2 atom stereocenters. The first kappa shape index (κ1) is 25.3. The minimum absolute atomic E-state index is 0.0743. The fourth-order valence-corrected chi connectivity index (χ4v) is 4.95. The van der Waals surface area contributed by atoms with E-state index in [9.17, 15) is 13.6 Å². The zero-order valence-corrected chi connectivity index (χ0v) is 20.5. The van der Waals surface area contributed by atoms with Gasteiger partial charge in [-0.15, -0.1) is 0 Å². The van der Waals surface area contributed by atoms with Crippen LogP contribution >= 0.6 is 35.0 Å². The summed E-state index contributed by atoms with van der Waals surface area (Å²) in [5.41, 5.74) is 1.11. The predicted molar refractivity (Wildman–Crippen MR) is 127 cm³/mol. The molecule has 1 aliphatic carbocycles. The maximum absolute atomic E-state index is 12.9. The van der Waals surface area contributed by atoms with Crippen LogP contribution in [0.4, 0.5) is 8.78 Å². The van der Waals surface area contributed by atoms with Crippen molar-refractivity contribution in [3.63, 3.8) is 0 Å². The molecule has 6 nitrogen and oxygen atoms in total. The highest BCUT2D eigenvalue weighted by molar-refractivity contribution is 7.99. The van der Waals surface area contributed by atoms with Crippen LogP contribution < -0.4 is 14.8 Å². The number of alkyl halides is 2. The Morgan fingerprint density at radius 1 is 1.21 bits per heavy atom. The number of thioether (sulfide) groups is 1. The van der Waals surface area contributed by atoms with Crippen LogP contribution in [0.3, 0.4) is 0 Å². The highest BCUT2D eigenvalue weighted by Gasteiger charge is 2.29. The van der Waals surface area contributed by atoms with Gasteiger partial charge in [-0.05, 0) is 42.0 Å². The molecule has 0 spiro atoms. The molecule has 1 unspecified atom stereocenters. The molecule has 0 radical (unpaired) electrons. The minimum Gasteiger partial charge on any atom is -0.489 e. The monoisotopic (exact) mass is 532 g/mol. The van der Waals surface area contributed by atoms with Gasteiger partial charge < -0.3 is 19.5 Å². The van der Waals surface area contributed by atoms with Crippen LogP contribution in [-0.4, -0.2) is 48.3 Å². The van der Waals surface area contributed by atoms with Crippen molar-refractivity contribution in [2.75, 3.05) is 24.7 Å². The average molecular weight is 533 g/mol. The van der Waals surface area contributed by atoms with Gasteiger partial charge in [-0.2, -0.15) is 20.5 Å². The van der Waals surface area contributed by atoms with E-state index in [2.05, 4.69) is 15.0 Å². The number of nitrogens with zero attached hydrogens (tertiary/aromatic N) is 1. The molecular weight excluding hydrogens is 509 g/mol. The molecule has 184 valence electrons. The highest BCUT2D eigenvalue weighted by atomic mass is 35.5. The zero-order chi connectivity index (χ0) is 24.1. The predicted octanol–water partition coefficient (Wildman–Crippen LogP) is 5.31. The maximum Gasteiger partial charge on any atom is 0.387 e. The van der Waals surface area contributed by atoms with Crippen molar-refractivity contribution in [3.8, 4) is 11.5 Å². The number of hydrogen-bond donors (Lipinski definition) is 1. The third-order valence-corrected chi connectivity index (χ3v) is 7.25. The van der Waals surface area contributed by atoms with Gasteiger partial charge in [0.2, 0.25) is 0 Å². The molecule has 2 aromatic rings. The van der Waals surface area contributed by atoms with Gasteiger partial charge in [0, 0.05) is 36.9 Å². The molecule has 2 fully saturated rings. The first-order chi connectivity index (χ1) is 16.4. The number of ether oxygens (including phenoxy) is 3. The van der Waals surface area contributed by atoms with E-state index in [-0.39, 0.29) is 17.9 Å². The zero-order valence-electron chi connectivity index (χ0n) is 18.1. The van der Waals surface area contributed by atoms with Crippen molar-refractivity contribution < 1.29 is 27.8 Å². The summed E-state index contributed by atoms with van der Waals surface area (Å²) in [4.78, 5) is 16.9. The van der Waals surface area contributed by atoms with Gasteiger partial charge in [0.25, 0.3) is 0 Å². The summed E-state index contributed by atoms with van der Waals surface area (Å²) in [6, 6.07) is 4.10. The lowest BCUT2D eigenvalue weighted by Crippen LogP contribution is -2.44. The molecule has 0 bridgehead atoms. The smallest absolute Gasteiger partial charge is 0.387 e. The van der Waals surface area contributed by atoms with Crippen molar-refractivity contribution in [2.45, 2.75) is 38.0 Å². The summed E-state index contributed by atoms with van der Waals surface area (Å²) in [5, 5.41) is 3.83. The molecule has 1 aromatic carbocycles. The third-order valence-electron chi connectivity index (χ3n) is 5.53. The van der Waals surface area contributed by atoms with Gasteiger partial charge in [-0.1, -0.05) is 29.3 Å². The Kier molecular flexibility index (Phi) is 8.74. The number of rotatable bonds is 10. The standard InChI is InChI=1S/C23H24Cl2F2N2O4S/c24-16-9-28-10-17(25)15(16)8-20(32-22(30)18-12-34-6-5-29-18)14-3-4-19(33-23(26)27)21(7-14)31-11-13-1-2-13/h3-4,7,9-10,13,18,20,23,29H,1-2,5-6,8,11-12H2/t18?,20-/m0/s1. The van der Waals surface area contributed by atoms with Gasteiger partial charge >= 0.3 is 12.6 Å². The Hall–Kier alpha value is -1.81. The molecule has 11 heteroatoms. The fourth-order valence-electron chi connectivity index (χ4n) is 3.51. The number of carbonyl (C=O) groups excluding carboxylic acids is 1. The van der Waals surface area contributed by atoms with E-state index in [1.54, 1.807) is 23.9 Å². The Morgan fingerprint density at radius 3 is 2.62 bits per heavy atom.